The van der Waals surface area contributed by atoms with Crippen LogP contribution in [-0.2, 0) is 10.2 Å². The zero-order valence-corrected chi connectivity index (χ0v) is 11.2. The lowest BCUT2D eigenvalue weighted by Crippen LogP contribution is -2.39. The molecular weight excluding hydrogens is 246 g/mol. The monoisotopic (exact) mass is 263 g/mol. The van der Waals surface area contributed by atoms with E-state index in [0.717, 1.165) is 31.5 Å². The standard InChI is InChI=1S/C15H18ClNO/c16-10-5-11-17-13-7-2-1-6-12(13)15(14(17)18)8-3-4-9-15/h1-2,6-7H,3-5,8-11H2. The Hall–Kier alpha value is -1.02. The lowest BCUT2D eigenvalue weighted by Gasteiger charge is -2.23. The summed E-state index contributed by atoms with van der Waals surface area (Å²) in [6.45, 7) is 0.751. The van der Waals surface area contributed by atoms with E-state index in [2.05, 4.69) is 18.2 Å². The second-order valence-electron chi connectivity index (χ2n) is 5.31. The van der Waals surface area contributed by atoms with Crippen LogP contribution in [0.3, 0.4) is 0 Å². The van der Waals surface area contributed by atoms with Gasteiger partial charge in [-0.2, -0.15) is 0 Å². The van der Waals surface area contributed by atoms with Crippen LogP contribution in [0.25, 0.3) is 0 Å². The van der Waals surface area contributed by atoms with E-state index in [0.29, 0.717) is 11.8 Å². The molecule has 96 valence electrons. The van der Waals surface area contributed by atoms with Gasteiger partial charge in [0, 0.05) is 18.1 Å². The molecule has 0 saturated heterocycles. The number of halogens is 1. The highest BCUT2D eigenvalue weighted by atomic mass is 35.5. The molecule has 1 fully saturated rings. The fourth-order valence-corrected chi connectivity index (χ4v) is 3.62. The Balaban J connectivity index is 2.02. The molecular formula is C15H18ClNO. The zero-order chi connectivity index (χ0) is 12.6. The topological polar surface area (TPSA) is 20.3 Å². The molecule has 0 unspecified atom stereocenters. The normalized spacial score (nSPS) is 20.7. The molecule has 1 aliphatic carbocycles. The number of carbonyl (C=O) groups is 1. The number of fused-ring (bicyclic) bond motifs is 2. The number of hydrogen-bond acceptors (Lipinski definition) is 1. The van der Waals surface area contributed by atoms with Gasteiger partial charge in [0.1, 0.15) is 0 Å². The van der Waals surface area contributed by atoms with Gasteiger partial charge in [-0.15, -0.1) is 11.6 Å². The minimum atomic E-state index is -0.205. The number of benzene rings is 1. The number of carbonyl (C=O) groups excluding carboxylic acids is 1. The summed E-state index contributed by atoms with van der Waals surface area (Å²) in [5.74, 6) is 0.921. The maximum Gasteiger partial charge on any atom is 0.237 e. The summed E-state index contributed by atoms with van der Waals surface area (Å²) in [5, 5.41) is 0. The third-order valence-corrected chi connectivity index (χ3v) is 4.60. The van der Waals surface area contributed by atoms with Crippen LogP contribution in [0.5, 0.6) is 0 Å². The van der Waals surface area contributed by atoms with Crippen LogP contribution in [0, 0.1) is 0 Å². The number of para-hydroxylation sites is 1. The summed E-state index contributed by atoms with van der Waals surface area (Å²) < 4.78 is 0. The molecule has 1 aliphatic heterocycles. The third-order valence-electron chi connectivity index (χ3n) is 4.34. The van der Waals surface area contributed by atoms with Gasteiger partial charge >= 0.3 is 0 Å². The second kappa shape index (κ2) is 4.58. The van der Waals surface area contributed by atoms with Gasteiger partial charge in [0.05, 0.1) is 5.41 Å². The van der Waals surface area contributed by atoms with E-state index in [1.807, 2.05) is 11.0 Å². The number of amides is 1. The van der Waals surface area contributed by atoms with Crippen LogP contribution in [0.4, 0.5) is 5.69 Å². The highest BCUT2D eigenvalue weighted by Crippen LogP contribution is 2.51. The van der Waals surface area contributed by atoms with Gasteiger partial charge in [0.15, 0.2) is 0 Å². The molecule has 18 heavy (non-hydrogen) atoms. The minimum Gasteiger partial charge on any atom is -0.311 e. The van der Waals surface area contributed by atoms with Crippen LogP contribution in [-0.4, -0.2) is 18.3 Å². The molecule has 2 aliphatic rings. The number of hydrogen-bond donors (Lipinski definition) is 0. The van der Waals surface area contributed by atoms with E-state index in [9.17, 15) is 4.79 Å². The SMILES string of the molecule is O=C1N(CCCCl)c2ccccc2C12CCCC2. The van der Waals surface area contributed by atoms with Crippen molar-refractivity contribution in [3.05, 3.63) is 29.8 Å². The van der Waals surface area contributed by atoms with E-state index < -0.39 is 0 Å². The van der Waals surface area contributed by atoms with Crippen molar-refractivity contribution in [1.29, 1.82) is 0 Å². The summed E-state index contributed by atoms with van der Waals surface area (Å²) in [4.78, 5) is 14.7. The first-order valence-electron chi connectivity index (χ1n) is 6.77. The summed E-state index contributed by atoms with van der Waals surface area (Å²) >= 11 is 5.77. The molecule has 1 heterocycles. The van der Waals surface area contributed by atoms with Gasteiger partial charge in [-0.05, 0) is 30.9 Å². The van der Waals surface area contributed by atoms with Crippen molar-refractivity contribution in [3.63, 3.8) is 0 Å². The fraction of sp³-hybridized carbons (Fsp3) is 0.533. The maximum atomic E-state index is 12.8. The molecule has 1 spiro atoms. The van der Waals surface area contributed by atoms with Crippen molar-refractivity contribution in [2.24, 2.45) is 0 Å². The van der Waals surface area contributed by atoms with Crippen LogP contribution in [0.1, 0.15) is 37.7 Å². The van der Waals surface area contributed by atoms with Crippen molar-refractivity contribution in [2.45, 2.75) is 37.5 Å². The Bertz CT molecular complexity index is 465. The largest absolute Gasteiger partial charge is 0.311 e. The quantitative estimate of drug-likeness (QED) is 0.765. The van der Waals surface area contributed by atoms with Crippen molar-refractivity contribution < 1.29 is 4.79 Å². The van der Waals surface area contributed by atoms with Gasteiger partial charge in [0.2, 0.25) is 5.91 Å². The minimum absolute atomic E-state index is 0.205. The molecule has 0 aromatic heterocycles. The molecule has 0 atom stereocenters. The first-order valence-corrected chi connectivity index (χ1v) is 7.30. The van der Waals surface area contributed by atoms with Gasteiger partial charge in [0.25, 0.3) is 0 Å². The van der Waals surface area contributed by atoms with Crippen molar-refractivity contribution in [2.75, 3.05) is 17.3 Å². The van der Waals surface area contributed by atoms with Gasteiger partial charge in [-0.3, -0.25) is 4.79 Å². The van der Waals surface area contributed by atoms with Crippen LogP contribution >= 0.6 is 11.6 Å². The highest BCUT2D eigenvalue weighted by Gasteiger charge is 2.51. The number of anilines is 1. The maximum absolute atomic E-state index is 12.8. The summed E-state index contributed by atoms with van der Waals surface area (Å²) in [6.07, 6.45) is 5.23. The number of rotatable bonds is 3. The van der Waals surface area contributed by atoms with Gasteiger partial charge in [-0.1, -0.05) is 31.0 Å². The summed E-state index contributed by atoms with van der Waals surface area (Å²) in [5.41, 5.74) is 2.17. The molecule has 0 N–H and O–H groups in total. The van der Waals surface area contributed by atoms with Gasteiger partial charge in [-0.25, -0.2) is 0 Å². The highest BCUT2D eigenvalue weighted by molar-refractivity contribution is 6.18. The second-order valence-corrected chi connectivity index (χ2v) is 5.68. The number of alkyl halides is 1. The molecule has 1 saturated carbocycles. The molecule has 3 rings (SSSR count). The van der Waals surface area contributed by atoms with E-state index in [-0.39, 0.29) is 5.41 Å². The van der Waals surface area contributed by atoms with E-state index >= 15 is 0 Å². The first-order chi connectivity index (χ1) is 8.79. The molecule has 2 nitrogen and oxygen atoms in total. The Labute approximate surface area is 113 Å². The summed E-state index contributed by atoms with van der Waals surface area (Å²) in [6, 6.07) is 8.29. The Kier molecular flexibility index (Phi) is 3.06. The van der Waals surface area contributed by atoms with Crippen molar-refractivity contribution >= 4 is 23.2 Å². The van der Waals surface area contributed by atoms with Crippen LogP contribution < -0.4 is 4.90 Å². The smallest absolute Gasteiger partial charge is 0.237 e. The molecule has 1 aromatic rings. The summed E-state index contributed by atoms with van der Waals surface area (Å²) in [7, 11) is 0. The zero-order valence-electron chi connectivity index (χ0n) is 10.5. The lowest BCUT2D eigenvalue weighted by atomic mass is 9.80. The Morgan fingerprint density at radius 3 is 2.67 bits per heavy atom. The lowest BCUT2D eigenvalue weighted by molar-refractivity contribution is -0.123. The Morgan fingerprint density at radius 2 is 1.94 bits per heavy atom. The Morgan fingerprint density at radius 1 is 1.22 bits per heavy atom. The average Bonchev–Trinajstić information content (AvgIpc) is 2.97. The third kappa shape index (κ3) is 1.58. The van der Waals surface area contributed by atoms with Crippen LogP contribution in [0.15, 0.2) is 24.3 Å². The van der Waals surface area contributed by atoms with E-state index in [1.54, 1.807) is 0 Å². The first kappa shape index (κ1) is 12.0. The van der Waals surface area contributed by atoms with Crippen molar-refractivity contribution in [3.8, 4) is 0 Å². The van der Waals surface area contributed by atoms with E-state index in [1.165, 1.54) is 18.4 Å². The van der Waals surface area contributed by atoms with E-state index in [4.69, 9.17) is 11.6 Å². The molecule has 0 bridgehead atoms. The number of nitrogens with zero attached hydrogens (tertiary/aromatic N) is 1. The predicted molar refractivity (Wildman–Crippen MR) is 74.3 cm³/mol. The van der Waals surface area contributed by atoms with Crippen molar-refractivity contribution in [1.82, 2.24) is 0 Å². The average molecular weight is 264 g/mol. The fourth-order valence-electron chi connectivity index (χ4n) is 3.50. The van der Waals surface area contributed by atoms with Gasteiger partial charge < -0.3 is 4.90 Å². The molecule has 0 radical (unpaired) electrons. The molecule has 3 heteroatoms. The predicted octanol–water partition coefficient (Wildman–Crippen LogP) is 3.47. The molecule has 1 aromatic carbocycles. The molecule has 1 amide bonds. The van der Waals surface area contributed by atoms with Crippen LogP contribution in [0.2, 0.25) is 0 Å².